The first-order valence-corrected chi connectivity index (χ1v) is 9.53. The zero-order valence-electron chi connectivity index (χ0n) is 14.6. The average molecular weight is 416 g/mol. The zero-order chi connectivity index (χ0) is 19.3. The van der Waals surface area contributed by atoms with Gasteiger partial charge in [0.25, 0.3) is 0 Å². The van der Waals surface area contributed by atoms with Gasteiger partial charge in [0.05, 0.1) is 12.7 Å². The molecule has 1 N–H and O–H groups in total. The highest BCUT2D eigenvalue weighted by atomic mass is 35.5. The van der Waals surface area contributed by atoms with Crippen LogP contribution in [-0.4, -0.2) is 22.5 Å². The molecule has 142 valence electrons. The van der Waals surface area contributed by atoms with Gasteiger partial charge in [-0.05, 0) is 35.4 Å². The van der Waals surface area contributed by atoms with Crippen LogP contribution in [0.25, 0.3) is 0 Å². The molecule has 0 aliphatic carbocycles. The molecule has 0 bridgehead atoms. The molecule has 1 amide bonds. The molecular weight excluding hydrogens is 401 g/mol. The molecule has 2 aromatic carbocycles. The first-order chi connectivity index (χ1) is 13.6. The smallest absolute Gasteiger partial charge is 0.231 e. The fourth-order valence-electron chi connectivity index (χ4n) is 3.66. The number of carbonyl (C=O) groups is 1. The van der Waals surface area contributed by atoms with Crippen LogP contribution in [0.3, 0.4) is 0 Å². The normalized spacial score (nSPS) is 17.4. The molecule has 0 saturated heterocycles. The first kappa shape index (κ1) is 17.4. The maximum Gasteiger partial charge on any atom is 0.231 e. The number of rotatable bonds is 3. The number of nitrogens with one attached hydrogen (secondary N) is 1. The van der Waals surface area contributed by atoms with Gasteiger partial charge < -0.3 is 14.8 Å². The number of fused-ring (bicyclic) bond motifs is 2. The van der Waals surface area contributed by atoms with Crippen LogP contribution in [0.1, 0.15) is 29.0 Å². The molecule has 2 aliphatic rings. The van der Waals surface area contributed by atoms with Crippen LogP contribution in [0.2, 0.25) is 10.0 Å². The van der Waals surface area contributed by atoms with E-state index in [1.165, 1.54) is 0 Å². The van der Waals surface area contributed by atoms with Crippen LogP contribution < -0.4 is 14.8 Å². The van der Waals surface area contributed by atoms with Crippen LogP contribution in [-0.2, 0) is 11.3 Å². The Morgan fingerprint density at radius 2 is 1.96 bits per heavy atom. The second-order valence-corrected chi connectivity index (χ2v) is 7.61. The highest BCUT2D eigenvalue weighted by molar-refractivity contribution is 6.35. The lowest BCUT2D eigenvalue weighted by Crippen LogP contribution is -2.25. The van der Waals surface area contributed by atoms with Crippen LogP contribution in [0.5, 0.6) is 11.5 Å². The Balaban J connectivity index is 1.50. The van der Waals surface area contributed by atoms with Crippen molar-refractivity contribution in [3.63, 3.8) is 0 Å². The highest BCUT2D eigenvalue weighted by Gasteiger charge is 2.31. The molecule has 0 radical (unpaired) electrons. The summed E-state index contributed by atoms with van der Waals surface area (Å²) in [4.78, 5) is 12.4. The van der Waals surface area contributed by atoms with Gasteiger partial charge in [-0.1, -0.05) is 35.3 Å². The van der Waals surface area contributed by atoms with E-state index in [9.17, 15) is 4.79 Å². The molecular formula is C20H15Cl2N3O3. The lowest BCUT2D eigenvalue weighted by Gasteiger charge is -2.24. The predicted molar refractivity (Wildman–Crippen MR) is 105 cm³/mol. The number of carbonyl (C=O) groups excluding carboxylic acids is 1. The van der Waals surface area contributed by atoms with E-state index in [1.54, 1.807) is 23.0 Å². The second kappa shape index (κ2) is 6.72. The minimum Gasteiger partial charge on any atom is -0.454 e. The molecule has 0 fully saturated rings. The Morgan fingerprint density at radius 3 is 2.82 bits per heavy atom. The Morgan fingerprint density at radius 1 is 1.11 bits per heavy atom. The highest BCUT2D eigenvalue weighted by Crippen LogP contribution is 2.41. The number of hydrogen-bond donors (Lipinski definition) is 1. The molecule has 1 unspecified atom stereocenters. The summed E-state index contributed by atoms with van der Waals surface area (Å²) >= 11 is 12.4. The third-order valence-electron chi connectivity index (χ3n) is 5.00. The summed E-state index contributed by atoms with van der Waals surface area (Å²) in [6.07, 6.45) is 2.10. The molecule has 2 aliphatic heterocycles. The van der Waals surface area contributed by atoms with Crippen molar-refractivity contribution in [3.05, 3.63) is 69.3 Å². The van der Waals surface area contributed by atoms with E-state index in [-0.39, 0.29) is 18.6 Å². The number of ether oxygens (including phenoxy) is 2. The minimum atomic E-state index is -0.168. The van der Waals surface area contributed by atoms with Gasteiger partial charge in [-0.15, -0.1) is 0 Å². The zero-order valence-corrected chi connectivity index (χ0v) is 16.1. The standard InChI is InChI=1S/C20H15Cl2N3O3/c21-12-2-3-13(16(22)6-12)14-7-19(26)24-20-15(14)8-23-25(20)9-11-1-4-17-18(5-11)28-10-27-17/h1-6,8,14H,7,9-10H2,(H,24,26). The number of hydrogen-bond acceptors (Lipinski definition) is 4. The number of nitrogens with zero attached hydrogens (tertiary/aromatic N) is 2. The van der Waals surface area contributed by atoms with Gasteiger partial charge in [0, 0.05) is 27.9 Å². The van der Waals surface area contributed by atoms with Gasteiger partial charge in [0.1, 0.15) is 5.82 Å². The Kier molecular flexibility index (Phi) is 4.18. The van der Waals surface area contributed by atoms with Gasteiger partial charge in [-0.3, -0.25) is 4.79 Å². The molecule has 3 aromatic rings. The molecule has 5 rings (SSSR count). The van der Waals surface area contributed by atoms with E-state index in [0.717, 1.165) is 22.4 Å². The monoisotopic (exact) mass is 415 g/mol. The van der Waals surface area contributed by atoms with Crippen molar-refractivity contribution in [1.82, 2.24) is 9.78 Å². The number of anilines is 1. The summed E-state index contributed by atoms with van der Waals surface area (Å²) in [6.45, 7) is 0.725. The maximum absolute atomic E-state index is 12.4. The molecule has 0 saturated carbocycles. The van der Waals surface area contributed by atoms with Crippen molar-refractivity contribution in [3.8, 4) is 11.5 Å². The fourth-order valence-corrected chi connectivity index (χ4v) is 4.20. The second-order valence-electron chi connectivity index (χ2n) is 6.76. The summed E-state index contributed by atoms with van der Waals surface area (Å²) in [5.74, 6) is 1.89. The van der Waals surface area contributed by atoms with Crippen molar-refractivity contribution in [1.29, 1.82) is 0 Å². The van der Waals surface area contributed by atoms with Gasteiger partial charge in [0.2, 0.25) is 12.7 Å². The topological polar surface area (TPSA) is 65.4 Å². The van der Waals surface area contributed by atoms with Crippen LogP contribution >= 0.6 is 23.2 Å². The minimum absolute atomic E-state index is 0.0732. The Hall–Kier alpha value is -2.70. The van der Waals surface area contributed by atoms with Gasteiger partial charge in [-0.2, -0.15) is 5.10 Å². The van der Waals surface area contributed by atoms with Gasteiger partial charge in [0.15, 0.2) is 11.5 Å². The summed E-state index contributed by atoms with van der Waals surface area (Å²) in [6, 6.07) is 11.1. The van der Waals surface area contributed by atoms with Crippen LogP contribution in [0, 0.1) is 0 Å². The molecule has 0 spiro atoms. The van der Waals surface area contributed by atoms with E-state index >= 15 is 0 Å². The number of amides is 1. The van der Waals surface area contributed by atoms with Crippen LogP contribution in [0.4, 0.5) is 5.82 Å². The van der Waals surface area contributed by atoms with Crippen molar-refractivity contribution in [2.75, 3.05) is 12.1 Å². The maximum atomic E-state index is 12.4. The van der Waals surface area contributed by atoms with Crippen molar-refractivity contribution in [2.45, 2.75) is 18.9 Å². The third-order valence-corrected chi connectivity index (χ3v) is 5.56. The molecule has 3 heterocycles. The number of halogens is 2. The largest absolute Gasteiger partial charge is 0.454 e. The summed E-state index contributed by atoms with van der Waals surface area (Å²) in [7, 11) is 0. The fraction of sp³-hybridized carbons (Fsp3) is 0.200. The molecule has 1 atom stereocenters. The van der Waals surface area contributed by atoms with E-state index in [2.05, 4.69) is 10.4 Å². The van der Waals surface area contributed by atoms with E-state index in [4.69, 9.17) is 32.7 Å². The molecule has 8 heteroatoms. The predicted octanol–water partition coefficient (Wildman–Crippen LogP) is 4.44. The van der Waals surface area contributed by atoms with Gasteiger partial charge >= 0.3 is 0 Å². The lowest BCUT2D eigenvalue weighted by atomic mass is 9.87. The summed E-state index contributed by atoms with van der Waals surface area (Å²) in [5.41, 5.74) is 2.80. The summed E-state index contributed by atoms with van der Waals surface area (Å²) in [5, 5.41) is 8.56. The molecule has 6 nitrogen and oxygen atoms in total. The molecule has 28 heavy (non-hydrogen) atoms. The quantitative estimate of drug-likeness (QED) is 0.686. The van der Waals surface area contributed by atoms with Crippen molar-refractivity contribution in [2.24, 2.45) is 0 Å². The van der Waals surface area contributed by atoms with Crippen molar-refractivity contribution >= 4 is 34.9 Å². The first-order valence-electron chi connectivity index (χ1n) is 8.77. The average Bonchev–Trinajstić information content (AvgIpc) is 3.28. The van der Waals surface area contributed by atoms with E-state index in [1.807, 2.05) is 24.3 Å². The van der Waals surface area contributed by atoms with Crippen LogP contribution in [0.15, 0.2) is 42.6 Å². The summed E-state index contributed by atoms with van der Waals surface area (Å²) < 4.78 is 12.6. The molecule has 1 aromatic heterocycles. The Labute approximate surface area is 171 Å². The number of benzene rings is 2. The van der Waals surface area contributed by atoms with Gasteiger partial charge in [-0.25, -0.2) is 4.68 Å². The van der Waals surface area contributed by atoms with Crippen molar-refractivity contribution < 1.29 is 14.3 Å². The lowest BCUT2D eigenvalue weighted by molar-refractivity contribution is -0.116. The Bertz CT molecular complexity index is 1100. The number of aromatic nitrogens is 2. The SMILES string of the molecule is O=C1CC(c2ccc(Cl)cc2Cl)c2cnn(Cc3ccc4c(c3)OCO4)c2N1. The van der Waals surface area contributed by atoms with E-state index in [0.29, 0.717) is 34.6 Å². The third kappa shape index (κ3) is 2.99. The van der Waals surface area contributed by atoms with E-state index < -0.39 is 0 Å².